The molecule has 5 rings (SSSR count). The van der Waals surface area contributed by atoms with Gasteiger partial charge in [0.2, 0.25) is 5.91 Å². The van der Waals surface area contributed by atoms with Crippen molar-refractivity contribution in [3.8, 4) is 0 Å². The van der Waals surface area contributed by atoms with E-state index in [1.807, 2.05) is 4.90 Å². The summed E-state index contributed by atoms with van der Waals surface area (Å²) < 4.78 is 31.1. The second-order valence-corrected chi connectivity index (χ2v) is 16.3. The molecule has 218 valence electrons. The van der Waals surface area contributed by atoms with Crippen molar-refractivity contribution in [3.63, 3.8) is 0 Å². The summed E-state index contributed by atoms with van der Waals surface area (Å²) in [7, 11) is -3.90. The van der Waals surface area contributed by atoms with Crippen LogP contribution >= 0.6 is 0 Å². The van der Waals surface area contributed by atoms with E-state index >= 15 is 0 Å². The molecule has 9 unspecified atom stereocenters. The number of piperidine rings is 1. The number of carbonyl (C=O) groups excluding carboxylic acids is 1. The predicted octanol–water partition coefficient (Wildman–Crippen LogP) is 5.94. The lowest BCUT2D eigenvalue weighted by molar-refractivity contribution is -0.134. The number of nitrogens with zero attached hydrogens (tertiary/aromatic N) is 1. The van der Waals surface area contributed by atoms with Gasteiger partial charge in [-0.05, 0) is 136 Å². The van der Waals surface area contributed by atoms with Gasteiger partial charge >= 0.3 is 0 Å². The Morgan fingerprint density at radius 1 is 0.947 bits per heavy atom. The Hall–Kier alpha value is -0.660. The lowest BCUT2D eigenvalue weighted by atomic mass is 9.44. The first kappa shape index (κ1) is 28.9. The van der Waals surface area contributed by atoms with E-state index in [0.717, 1.165) is 49.9 Å². The Labute approximate surface area is 231 Å². The molecule has 1 aliphatic heterocycles. The van der Waals surface area contributed by atoms with E-state index in [4.69, 9.17) is 4.55 Å². The normalized spacial score (nSPS) is 42.7. The van der Waals surface area contributed by atoms with Gasteiger partial charge in [-0.15, -0.1) is 0 Å². The largest absolute Gasteiger partial charge is 0.393 e. The molecule has 0 radical (unpaired) electrons. The molecule has 4 aliphatic carbocycles. The molecule has 0 aromatic heterocycles. The number of hydrogen-bond donors (Lipinski definition) is 2. The summed E-state index contributed by atoms with van der Waals surface area (Å²) in [5.41, 5.74) is 0.839. The number of aliphatic hydroxyl groups is 1. The smallest absolute Gasteiger partial charge is 0.264 e. The van der Waals surface area contributed by atoms with E-state index in [2.05, 4.69) is 20.8 Å². The molecule has 5 fully saturated rings. The minimum absolute atomic E-state index is 0.0747. The molecule has 1 amide bonds. The van der Waals surface area contributed by atoms with Crippen LogP contribution < -0.4 is 0 Å². The summed E-state index contributed by atoms with van der Waals surface area (Å²) in [6.07, 6.45) is 15.0. The highest BCUT2D eigenvalue weighted by Crippen LogP contribution is 2.68. The van der Waals surface area contributed by atoms with E-state index in [9.17, 15) is 18.3 Å². The van der Waals surface area contributed by atoms with Crippen LogP contribution in [0.1, 0.15) is 111 Å². The Kier molecular flexibility index (Phi) is 8.32. The Bertz CT molecular complexity index is 961. The zero-order valence-electron chi connectivity index (χ0n) is 24.1. The van der Waals surface area contributed by atoms with Crippen molar-refractivity contribution in [2.45, 2.75) is 117 Å². The van der Waals surface area contributed by atoms with Crippen LogP contribution in [0.2, 0.25) is 0 Å². The van der Waals surface area contributed by atoms with Crippen molar-refractivity contribution in [2.24, 2.45) is 52.3 Å². The lowest BCUT2D eigenvalue weighted by Crippen LogP contribution is -2.54. The number of hydrogen-bond acceptors (Lipinski definition) is 4. The molecular weight excluding hydrogens is 498 g/mol. The van der Waals surface area contributed by atoms with Crippen LogP contribution in [0.25, 0.3) is 0 Å². The van der Waals surface area contributed by atoms with Gasteiger partial charge in [0.1, 0.15) is 0 Å². The summed E-state index contributed by atoms with van der Waals surface area (Å²) >= 11 is 0. The fourth-order valence-electron chi connectivity index (χ4n) is 10.7. The third-order valence-electron chi connectivity index (χ3n) is 13.0. The van der Waals surface area contributed by atoms with Gasteiger partial charge in [0, 0.05) is 19.5 Å². The number of likely N-dealkylation sites (tertiary alicyclic amines) is 1. The van der Waals surface area contributed by atoms with Gasteiger partial charge in [-0.1, -0.05) is 20.8 Å². The Morgan fingerprint density at radius 2 is 1.63 bits per heavy atom. The van der Waals surface area contributed by atoms with E-state index in [0.29, 0.717) is 54.5 Å². The highest BCUT2D eigenvalue weighted by molar-refractivity contribution is 7.85. The van der Waals surface area contributed by atoms with Crippen LogP contribution in [0, 0.1) is 52.3 Å². The summed E-state index contributed by atoms with van der Waals surface area (Å²) in [6, 6.07) is 0. The third kappa shape index (κ3) is 5.59. The van der Waals surface area contributed by atoms with Crippen molar-refractivity contribution >= 4 is 16.0 Å². The molecule has 1 heterocycles. The van der Waals surface area contributed by atoms with Gasteiger partial charge in [-0.25, -0.2) is 0 Å². The van der Waals surface area contributed by atoms with Crippen LogP contribution in [-0.4, -0.2) is 53.8 Å². The van der Waals surface area contributed by atoms with Crippen molar-refractivity contribution < 1.29 is 22.9 Å². The topological polar surface area (TPSA) is 94.9 Å². The standard InChI is InChI=1S/C31H53NO5S/c1-21(4-9-29(34)32-17-12-22(13-18-32)14-19-38(35,36)37)26-7-8-27-25-6-5-23-20-24(33)10-15-30(23,2)28(25)11-16-31(26,27)3/h21-28,33H,4-20H2,1-3H3,(H,35,36,37). The molecule has 7 heteroatoms. The fourth-order valence-corrected chi connectivity index (χ4v) is 11.3. The molecule has 0 aromatic carbocycles. The monoisotopic (exact) mass is 551 g/mol. The number of aliphatic hydroxyl groups excluding tert-OH is 1. The first-order valence-electron chi connectivity index (χ1n) is 15.8. The molecule has 38 heavy (non-hydrogen) atoms. The summed E-state index contributed by atoms with van der Waals surface area (Å²) in [6.45, 7) is 9.00. The molecule has 9 atom stereocenters. The first-order valence-corrected chi connectivity index (χ1v) is 17.4. The summed E-state index contributed by atoms with van der Waals surface area (Å²) in [5.74, 6) is 4.88. The average Bonchev–Trinajstić information content (AvgIpc) is 3.23. The highest BCUT2D eigenvalue weighted by atomic mass is 32.2. The number of rotatable bonds is 7. The molecule has 0 aromatic rings. The van der Waals surface area contributed by atoms with E-state index < -0.39 is 10.1 Å². The first-order chi connectivity index (χ1) is 17.9. The molecule has 4 saturated carbocycles. The minimum atomic E-state index is -3.90. The molecular formula is C31H53NO5S. The van der Waals surface area contributed by atoms with Gasteiger partial charge in [-0.2, -0.15) is 8.42 Å². The van der Waals surface area contributed by atoms with Gasteiger partial charge in [-0.3, -0.25) is 9.35 Å². The van der Waals surface area contributed by atoms with Crippen LogP contribution in [0.4, 0.5) is 0 Å². The molecule has 0 spiro atoms. The Balaban J connectivity index is 1.13. The van der Waals surface area contributed by atoms with Crippen molar-refractivity contribution in [2.75, 3.05) is 18.8 Å². The summed E-state index contributed by atoms with van der Waals surface area (Å²) in [4.78, 5) is 15.0. The predicted molar refractivity (Wildman–Crippen MR) is 150 cm³/mol. The second kappa shape index (κ2) is 11.0. The Morgan fingerprint density at radius 3 is 2.34 bits per heavy atom. The minimum Gasteiger partial charge on any atom is -0.393 e. The number of carbonyl (C=O) groups is 1. The zero-order chi connectivity index (χ0) is 27.3. The summed E-state index contributed by atoms with van der Waals surface area (Å²) in [5, 5.41) is 10.3. The van der Waals surface area contributed by atoms with E-state index in [1.54, 1.807) is 0 Å². The number of fused-ring (bicyclic) bond motifs is 5. The van der Waals surface area contributed by atoms with Gasteiger partial charge in [0.05, 0.1) is 11.9 Å². The SMILES string of the molecule is CC(CCC(=O)N1CCC(CCS(=O)(=O)O)CC1)C1CCC2C3CCC4CC(O)CCC4(C)C3CCC12C. The quantitative estimate of drug-likeness (QED) is 0.382. The maximum absolute atomic E-state index is 13.1. The molecule has 5 aliphatic rings. The van der Waals surface area contributed by atoms with Crippen molar-refractivity contribution in [3.05, 3.63) is 0 Å². The number of amides is 1. The maximum atomic E-state index is 13.1. The average molecular weight is 552 g/mol. The van der Waals surface area contributed by atoms with Gasteiger partial charge in [0.25, 0.3) is 10.1 Å². The van der Waals surface area contributed by atoms with Crippen molar-refractivity contribution in [1.82, 2.24) is 4.90 Å². The van der Waals surface area contributed by atoms with Crippen LogP contribution in [0.5, 0.6) is 0 Å². The van der Waals surface area contributed by atoms with E-state index in [-0.39, 0.29) is 23.7 Å². The molecule has 0 bridgehead atoms. The molecule has 2 N–H and O–H groups in total. The zero-order valence-corrected chi connectivity index (χ0v) is 24.9. The van der Waals surface area contributed by atoms with Gasteiger partial charge in [0.15, 0.2) is 0 Å². The second-order valence-electron chi connectivity index (χ2n) is 14.7. The maximum Gasteiger partial charge on any atom is 0.264 e. The molecule has 1 saturated heterocycles. The molecule has 6 nitrogen and oxygen atoms in total. The van der Waals surface area contributed by atoms with Crippen molar-refractivity contribution in [1.29, 1.82) is 0 Å². The van der Waals surface area contributed by atoms with Crippen LogP contribution in [0.3, 0.4) is 0 Å². The fraction of sp³-hybridized carbons (Fsp3) is 0.968. The lowest BCUT2D eigenvalue weighted by Gasteiger charge is -2.61. The van der Waals surface area contributed by atoms with Crippen LogP contribution in [-0.2, 0) is 14.9 Å². The third-order valence-corrected chi connectivity index (χ3v) is 13.7. The highest BCUT2D eigenvalue weighted by Gasteiger charge is 2.60. The van der Waals surface area contributed by atoms with E-state index in [1.165, 1.54) is 44.9 Å². The van der Waals surface area contributed by atoms with Crippen LogP contribution in [0.15, 0.2) is 0 Å². The van der Waals surface area contributed by atoms with Gasteiger partial charge < -0.3 is 10.0 Å².